The van der Waals surface area contributed by atoms with Crippen LogP contribution in [0.1, 0.15) is 62.8 Å². The van der Waals surface area contributed by atoms with Crippen LogP contribution in [0.4, 0.5) is 5.95 Å². The summed E-state index contributed by atoms with van der Waals surface area (Å²) in [7, 11) is 0. The minimum absolute atomic E-state index is 0.639. The molecule has 1 aromatic heterocycles. The van der Waals surface area contributed by atoms with Crippen LogP contribution in [0.3, 0.4) is 0 Å². The zero-order valence-electron chi connectivity index (χ0n) is 13.4. The number of hydrogen-bond donors (Lipinski definition) is 1. The van der Waals surface area contributed by atoms with Crippen LogP contribution in [0.5, 0.6) is 0 Å². The van der Waals surface area contributed by atoms with E-state index in [2.05, 4.69) is 35.1 Å². The molecule has 1 saturated heterocycles. The summed E-state index contributed by atoms with van der Waals surface area (Å²) in [5.41, 5.74) is 2.33. The maximum absolute atomic E-state index is 4.75. The second-order valence-corrected chi connectivity index (χ2v) is 6.54. The smallest absolute Gasteiger partial charge is 0.223 e. The molecule has 3 rings (SSSR count). The number of hydrogen-bond acceptors (Lipinski definition) is 4. The van der Waals surface area contributed by atoms with Gasteiger partial charge in [-0.1, -0.05) is 19.8 Å². The Balaban J connectivity index is 1.62. The average molecular weight is 288 g/mol. The first-order chi connectivity index (χ1) is 10.3. The van der Waals surface area contributed by atoms with Crippen LogP contribution < -0.4 is 5.32 Å². The summed E-state index contributed by atoms with van der Waals surface area (Å²) >= 11 is 0. The standard InChI is InChI=1S/C17H28N4/c1-3-21-10-5-4-9-15(21)12-18-17-19-13(2)11-16(20-17)14-7-6-8-14/h11,14-15H,3-10,12H2,1-2H3,(H,18,19,20)/t15-/m1/s1. The molecule has 2 aliphatic rings. The highest BCUT2D eigenvalue weighted by atomic mass is 15.2. The van der Waals surface area contributed by atoms with Gasteiger partial charge in [0.15, 0.2) is 0 Å². The van der Waals surface area contributed by atoms with Crippen LogP contribution in [-0.2, 0) is 0 Å². The molecule has 0 bridgehead atoms. The minimum atomic E-state index is 0.639. The molecule has 1 aliphatic carbocycles. The monoisotopic (exact) mass is 288 g/mol. The lowest BCUT2D eigenvalue weighted by atomic mass is 9.83. The number of piperidine rings is 1. The maximum Gasteiger partial charge on any atom is 0.223 e. The molecular weight excluding hydrogens is 260 g/mol. The Hall–Kier alpha value is -1.16. The highest BCUT2D eigenvalue weighted by Crippen LogP contribution is 2.35. The van der Waals surface area contributed by atoms with Crippen LogP contribution in [-0.4, -0.2) is 40.5 Å². The number of nitrogens with zero attached hydrogens (tertiary/aromatic N) is 3. The van der Waals surface area contributed by atoms with Gasteiger partial charge in [0.25, 0.3) is 0 Å². The lowest BCUT2D eigenvalue weighted by Gasteiger charge is -2.35. The van der Waals surface area contributed by atoms with Crippen molar-refractivity contribution in [3.8, 4) is 0 Å². The van der Waals surface area contributed by atoms with Gasteiger partial charge in [0.2, 0.25) is 5.95 Å². The lowest BCUT2D eigenvalue weighted by molar-refractivity contribution is 0.164. The number of aromatic nitrogens is 2. The van der Waals surface area contributed by atoms with Gasteiger partial charge in [0.05, 0.1) is 0 Å². The fraction of sp³-hybridized carbons (Fsp3) is 0.765. The van der Waals surface area contributed by atoms with E-state index in [-0.39, 0.29) is 0 Å². The summed E-state index contributed by atoms with van der Waals surface area (Å²) in [4.78, 5) is 11.9. The van der Waals surface area contributed by atoms with Gasteiger partial charge in [-0.05, 0) is 51.8 Å². The number of nitrogens with one attached hydrogen (secondary N) is 1. The van der Waals surface area contributed by atoms with Gasteiger partial charge in [-0.15, -0.1) is 0 Å². The molecule has 116 valence electrons. The molecule has 0 unspecified atom stereocenters. The molecule has 2 fully saturated rings. The molecule has 1 saturated carbocycles. The SMILES string of the molecule is CCN1CCCC[C@@H]1CNc1nc(C)cc(C2CCC2)n1. The molecule has 1 aliphatic heterocycles. The zero-order valence-corrected chi connectivity index (χ0v) is 13.4. The van der Waals surface area contributed by atoms with Crippen molar-refractivity contribution in [2.24, 2.45) is 0 Å². The highest BCUT2D eigenvalue weighted by Gasteiger charge is 2.23. The highest BCUT2D eigenvalue weighted by molar-refractivity contribution is 5.30. The second kappa shape index (κ2) is 6.73. The van der Waals surface area contributed by atoms with Crippen LogP contribution in [0.2, 0.25) is 0 Å². The molecule has 1 atom stereocenters. The predicted molar refractivity (Wildman–Crippen MR) is 86.7 cm³/mol. The molecule has 21 heavy (non-hydrogen) atoms. The van der Waals surface area contributed by atoms with Crippen molar-refractivity contribution in [3.63, 3.8) is 0 Å². The Morgan fingerprint density at radius 2 is 2.05 bits per heavy atom. The number of rotatable bonds is 5. The van der Waals surface area contributed by atoms with Crippen molar-refractivity contribution < 1.29 is 0 Å². The second-order valence-electron chi connectivity index (χ2n) is 6.54. The normalized spacial score (nSPS) is 23.8. The van der Waals surface area contributed by atoms with Crippen molar-refractivity contribution in [2.45, 2.75) is 64.3 Å². The zero-order chi connectivity index (χ0) is 14.7. The van der Waals surface area contributed by atoms with E-state index in [1.807, 2.05) is 0 Å². The topological polar surface area (TPSA) is 41.0 Å². The van der Waals surface area contributed by atoms with Gasteiger partial charge in [-0.3, -0.25) is 4.90 Å². The van der Waals surface area contributed by atoms with Gasteiger partial charge in [-0.25, -0.2) is 9.97 Å². The Bertz CT molecular complexity index is 470. The molecule has 0 amide bonds. The average Bonchev–Trinajstić information content (AvgIpc) is 2.43. The largest absolute Gasteiger partial charge is 0.353 e. The molecule has 1 N–H and O–H groups in total. The molecule has 4 nitrogen and oxygen atoms in total. The van der Waals surface area contributed by atoms with Gasteiger partial charge >= 0.3 is 0 Å². The first kappa shape index (κ1) is 14.8. The molecule has 0 aromatic carbocycles. The summed E-state index contributed by atoms with van der Waals surface area (Å²) in [6, 6.07) is 2.80. The fourth-order valence-corrected chi connectivity index (χ4v) is 3.50. The first-order valence-corrected chi connectivity index (χ1v) is 8.59. The van der Waals surface area contributed by atoms with Crippen LogP contribution in [0.25, 0.3) is 0 Å². The van der Waals surface area contributed by atoms with Crippen molar-refractivity contribution in [1.29, 1.82) is 0 Å². The summed E-state index contributed by atoms with van der Waals surface area (Å²) in [6.45, 7) is 7.70. The van der Waals surface area contributed by atoms with Gasteiger partial charge < -0.3 is 5.32 Å². The van der Waals surface area contributed by atoms with Crippen molar-refractivity contribution in [3.05, 3.63) is 17.5 Å². The Labute approximate surface area is 128 Å². The third kappa shape index (κ3) is 3.54. The summed E-state index contributed by atoms with van der Waals surface area (Å²) in [5.74, 6) is 1.51. The van der Waals surface area contributed by atoms with Crippen LogP contribution >= 0.6 is 0 Å². The molecule has 1 aromatic rings. The molecular formula is C17H28N4. The summed E-state index contributed by atoms with van der Waals surface area (Å²) < 4.78 is 0. The fourth-order valence-electron chi connectivity index (χ4n) is 3.50. The predicted octanol–water partition coefficient (Wildman–Crippen LogP) is 3.34. The van der Waals surface area contributed by atoms with E-state index in [1.54, 1.807) is 0 Å². The Morgan fingerprint density at radius 1 is 1.19 bits per heavy atom. The van der Waals surface area contributed by atoms with E-state index >= 15 is 0 Å². The number of likely N-dealkylation sites (tertiary alicyclic amines) is 1. The molecule has 2 heterocycles. The molecule has 4 heteroatoms. The quantitative estimate of drug-likeness (QED) is 0.902. The van der Waals surface area contributed by atoms with E-state index in [0.717, 1.165) is 24.7 Å². The van der Waals surface area contributed by atoms with Crippen LogP contribution in [0, 0.1) is 6.92 Å². The van der Waals surface area contributed by atoms with Gasteiger partial charge in [0, 0.05) is 29.9 Å². The maximum atomic E-state index is 4.75. The van der Waals surface area contributed by atoms with E-state index < -0.39 is 0 Å². The molecule has 0 radical (unpaired) electrons. The third-order valence-corrected chi connectivity index (χ3v) is 5.05. The van der Waals surface area contributed by atoms with Gasteiger partial charge in [0.1, 0.15) is 0 Å². The van der Waals surface area contributed by atoms with E-state index in [9.17, 15) is 0 Å². The Morgan fingerprint density at radius 3 is 2.76 bits per heavy atom. The van der Waals surface area contributed by atoms with E-state index in [1.165, 1.54) is 50.8 Å². The Kier molecular flexibility index (Phi) is 4.73. The van der Waals surface area contributed by atoms with E-state index in [0.29, 0.717) is 12.0 Å². The van der Waals surface area contributed by atoms with Gasteiger partial charge in [-0.2, -0.15) is 0 Å². The minimum Gasteiger partial charge on any atom is -0.353 e. The number of aryl methyl sites for hydroxylation is 1. The third-order valence-electron chi connectivity index (χ3n) is 5.05. The lowest BCUT2D eigenvalue weighted by Crippen LogP contribution is -2.43. The number of anilines is 1. The summed E-state index contributed by atoms with van der Waals surface area (Å²) in [6.07, 6.45) is 7.93. The molecule has 0 spiro atoms. The van der Waals surface area contributed by atoms with Crippen molar-refractivity contribution >= 4 is 5.95 Å². The first-order valence-electron chi connectivity index (χ1n) is 8.59. The van der Waals surface area contributed by atoms with Crippen LogP contribution in [0.15, 0.2) is 6.07 Å². The van der Waals surface area contributed by atoms with Crippen molar-refractivity contribution in [1.82, 2.24) is 14.9 Å². The van der Waals surface area contributed by atoms with E-state index in [4.69, 9.17) is 4.98 Å². The summed E-state index contributed by atoms with van der Waals surface area (Å²) in [5, 5.41) is 3.50. The van der Waals surface area contributed by atoms with Crippen molar-refractivity contribution in [2.75, 3.05) is 25.0 Å². The number of likely N-dealkylation sites (N-methyl/N-ethyl adjacent to an activating group) is 1.